The molecule has 3 aliphatic heterocycles. The Morgan fingerprint density at radius 2 is 1.43 bits per heavy atom. The van der Waals surface area contributed by atoms with Gasteiger partial charge in [-0.05, 0) is 49.7 Å². The van der Waals surface area contributed by atoms with E-state index in [1.54, 1.807) is 6.08 Å². The van der Waals surface area contributed by atoms with Crippen molar-refractivity contribution < 1.29 is 19.3 Å². The number of benzene rings is 1. The third kappa shape index (κ3) is 5.60. The minimum Gasteiger partial charge on any atom is -0.506 e. The molecule has 0 amide bonds. The molecule has 7 heteroatoms. The third-order valence-electron chi connectivity index (χ3n) is 6.14. The highest BCUT2D eigenvalue weighted by Crippen LogP contribution is 2.24. The number of hydrogen-bond acceptors (Lipinski definition) is 6. The SMILES string of the molecule is OC1=C(CN2CCN(Cc3ccc(F)cc3)CC2)OC(CN2CCCCC2)=CC1O. The molecule has 1 aromatic rings. The van der Waals surface area contributed by atoms with Crippen LogP contribution in [0.3, 0.4) is 0 Å². The van der Waals surface area contributed by atoms with E-state index < -0.39 is 6.10 Å². The highest BCUT2D eigenvalue weighted by Gasteiger charge is 2.27. The second-order valence-electron chi connectivity index (χ2n) is 8.50. The molecule has 2 N–H and O–H groups in total. The van der Waals surface area contributed by atoms with Gasteiger partial charge in [-0.25, -0.2) is 4.39 Å². The van der Waals surface area contributed by atoms with Gasteiger partial charge in [-0.15, -0.1) is 0 Å². The zero-order valence-electron chi connectivity index (χ0n) is 17.5. The monoisotopic (exact) mass is 417 g/mol. The number of piperidine rings is 1. The molecular formula is C23H32FN3O3. The number of aliphatic hydroxyl groups excluding tert-OH is 2. The van der Waals surface area contributed by atoms with Gasteiger partial charge < -0.3 is 14.9 Å². The number of aliphatic hydroxyl groups is 2. The molecule has 1 unspecified atom stereocenters. The van der Waals surface area contributed by atoms with Gasteiger partial charge in [0.25, 0.3) is 0 Å². The number of rotatable bonds is 6. The molecule has 164 valence electrons. The van der Waals surface area contributed by atoms with Crippen molar-refractivity contribution in [2.75, 3.05) is 52.4 Å². The highest BCUT2D eigenvalue weighted by molar-refractivity contribution is 5.22. The van der Waals surface area contributed by atoms with E-state index in [9.17, 15) is 14.6 Å². The summed E-state index contributed by atoms with van der Waals surface area (Å²) in [7, 11) is 0. The molecule has 1 aromatic carbocycles. The number of ether oxygens (including phenoxy) is 1. The van der Waals surface area contributed by atoms with E-state index >= 15 is 0 Å². The summed E-state index contributed by atoms with van der Waals surface area (Å²) in [5.74, 6) is 0.905. The van der Waals surface area contributed by atoms with Gasteiger partial charge in [0.15, 0.2) is 11.5 Å². The Morgan fingerprint density at radius 1 is 0.833 bits per heavy atom. The Kier molecular flexibility index (Phi) is 7.04. The molecule has 6 nitrogen and oxygen atoms in total. The van der Waals surface area contributed by atoms with E-state index in [0.29, 0.717) is 18.8 Å². The first kappa shape index (κ1) is 21.3. The van der Waals surface area contributed by atoms with Crippen LogP contribution in [0.1, 0.15) is 24.8 Å². The van der Waals surface area contributed by atoms with Gasteiger partial charge in [0.2, 0.25) is 0 Å². The summed E-state index contributed by atoms with van der Waals surface area (Å²) in [5.41, 5.74) is 1.11. The van der Waals surface area contributed by atoms with Crippen molar-refractivity contribution in [3.8, 4) is 0 Å². The first-order valence-corrected chi connectivity index (χ1v) is 11.0. The molecule has 2 saturated heterocycles. The van der Waals surface area contributed by atoms with Gasteiger partial charge in [0.05, 0.1) is 13.1 Å². The van der Waals surface area contributed by atoms with Crippen LogP contribution < -0.4 is 0 Å². The van der Waals surface area contributed by atoms with Crippen molar-refractivity contribution in [3.05, 3.63) is 59.0 Å². The quantitative estimate of drug-likeness (QED) is 0.742. The molecule has 2 fully saturated rings. The lowest BCUT2D eigenvalue weighted by molar-refractivity contribution is 0.0921. The summed E-state index contributed by atoms with van der Waals surface area (Å²) in [6.45, 7) is 7.57. The maximum Gasteiger partial charge on any atom is 0.165 e. The summed E-state index contributed by atoms with van der Waals surface area (Å²) in [5, 5.41) is 20.6. The summed E-state index contributed by atoms with van der Waals surface area (Å²) in [6.07, 6.45) is 4.30. The van der Waals surface area contributed by atoms with E-state index in [1.165, 1.54) is 31.4 Å². The Balaban J connectivity index is 1.27. The summed E-state index contributed by atoms with van der Waals surface area (Å²) in [6, 6.07) is 6.67. The molecule has 3 heterocycles. The van der Waals surface area contributed by atoms with Crippen LogP contribution in [-0.4, -0.2) is 83.4 Å². The molecule has 0 spiro atoms. The summed E-state index contributed by atoms with van der Waals surface area (Å²) < 4.78 is 19.1. The zero-order chi connectivity index (χ0) is 20.9. The number of halogens is 1. The van der Waals surface area contributed by atoms with Crippen molar-refractivity contribution in [1.29, 1.82) is 0 Å². The van der Waals surface area contributed by atoms with Gasteiger partial charge >= 0.3 is 0 Å². The number of likely N-dealkylation sites (tertiary alicyclic amines) is 1. The van der Waals surface area contributed by atoms with Crippen LogP contribution in [0.2, 0.25) is 0 Å². The van der Waals surface area contributed by atoms with Crippen molar-refractivity contribution in [1.82, 2.24) is 14.7 Å². The van der Waals surface area contributed by atoms with E-state index in [4.69, 9.17) is 4.74 Å². The Bertz CT molecular complexity index is 766. The molecule has 0 radical (unpaired) electrons. The average Bonchev–Trinajstić information content (AvgIpc) is 2.75. The van der Waals surface area contributed by atoms with Crippen LogP contribution in [0.15, 0.2) is 47.6 Å². The zero-order valence-corrected chi connectivity index (χ0v) is 17.5. The first-order valence-electron chi connectivity index (χ1n) is 11.0. The predicted octanol–water partition coefficient (Wildman–Crippen LogP) is 2.47. The largest absolute Gasteiger partial charge is 0.506 e. The van der Waals surface area contributed by atoms with E-state index in [0.717, 1.165) is 57.1 Å². The maximum absolute atomic E-state index is 13.1. The van der Waals surface area contributed by atoms with Crippen LogP contribution in [-0.2, 0) is 11.3 Å². The summed E-state index contributed by atoms with van der Waals surface area (Å²) in [4.78, 5) is 6.93. The van der Waals surface area contributed by atoms with Crippen molar-refractivity contribution in [2.24, 2.45) is 0 Å². The molecule has 30 heavy (non-hydrogen) atoms. The van der Waals surface area contributed by atoms with Crippen molar-refractivity contribution in [3.63, 3.8) is 0 Å². The molecule has 0 bridgehead atoms. The normalized spacial score (nSPS) is 24.6. The Labute approximate surface area is 177 Å². The molecule has 0 saturated carbocycles. The second-order valence-corrected chi connectivity index (χ2v) is 8.50. The lowest BCUT2D eigenvalue weighted by atomic mass is 10.1. The van der Waals surface area contributed by atoms with Crippen molar-refractivity contribution in [2.45, 2.75) is 31.9 Å². The number of nitrogens with zero attached hydrogens (tertiary/aromatic N) is 3. The number of piperazine rings is 1. The molecule has 4 rings (SSSR count). The number of hydrogen-bond donors (Lipinski definition) is 2. The molecule has 0 aliphatic carbocycles. The molecule has 1 atom stereocenters. The standard InChI is InChI=1S/C23H32FN3O3/c24-19-6-4-18(5-7-19)15-26-10-12-27(13-11-26)17-22-23(29)21(28)14-20(30-22)16-25-8-2-1-3-9-25/h4-7,14,21,28-29H,1-3,8-13,15-17H2. The molecule has 3 aliphatic rings. The van der Waals surface area contributed by atoms with Gasteiger partial charge in [-0.1, -0.05) is 18.6 Å². The fourth-order valence-electron chi connectivity index (χ4n) is 4.36. The van der Waals surface area contributed by atoms with Crippen LogP contribution in [0.5, 0.6) is 0 Å². The fourth-order valence-corrected chi connectivity index (χ4v) is 4.36. The maximum atomic E-state index is 13.1. The van der Waals surface area contributed by atoms with E-state index in [2.05, 4.69) is 14.7 Å². The summed E-state index contributed by atoms with van der Waals surface area (Å²) >= 11 is 0. The molecular weight excluding hydrogens is 385 g/mol. The van der Waals surface area contributed by atoms with Crippen LogP contribution in [0.25, 0.3) is 0 Å². The van der Waals surface area contributed by atoms with E-state index in [1.807, 2.05) is 12.1 Å². The lowest BCUT2D eigenvalue weighted by Crippen LogP contribution is -2.47. The first-order chi connectivity index (χ1) is 14.6. The predicted molar refractivity (Wildman–Crippen MR) is 113 cm³/mol. The van der Waals surface area contributed by atoms with Crippen LogP contribution in [0, 0.1) is 5.82 Å². The van der Waals surface area contributed by atoms with Crippen LogP contribution >= 0.6 is 0 Å². The van der Waals surface area contributed by atoms with Gasteiger partial charge in [-0.3, -0.25) is 14.7 Å². The van der Waals surface area contributed by atoms with Gasteiger partial charge in [0, 0.05) is 32.7 Å². The average molecular weight is 418 g/mol. The minimum atomic E-state index is -0.992. The Hall–Kier alpha value is -1.93. The fraction of sp³-hybridized carbons (Fsp3) is 0.565. The topological polar surface area (TPSA) is 59.4 Å². The van der Waals surface area contributed by atoms with Crippen LogP contribution in [0.4, 0.5) is 4.39 Å². The smallest absolute Gasteiger partial charge is 0.165 e. The second kappa shape index (κ2) is 9.92. The van der Waals surface area contributed by atoms with Crippen molar-refractivity contribution >= 4 is 0 Å². The lowest BCUT2D eigenvalue weighted by Gasteiger charge is -2.36. The van der Waals surface area contributed by atoms with E-state index in [-0.39, 0.29) is 11.6 Å². The van der Waals surface area contributed by atoms with Gasteiger partial charge in [0.1, 0.15) is 17.7 Å². The highest BCUT2D eigenvalue weighted by atomic mass is 19.1. The molecule has 0 aromatic heterocycles. The third-order valence-corrected chi connectivity index (χ3v) is 6.14. The van der Waals surface area contributed by atoms with Gasteiger partial charge in [-0.2, -0.15) is 0 Å². The Morgan fingerprint density at radius 3 is 2.10 bits per heavy atom. The minimum absolute atomic E-state index is 0.0777.